The number of hydrogen-bond donors (Lipinski definition) is 0. The highest BCUT2D eigenvalue weighted by Gasteiger charge is 2.09. The smallest absolute Gasteiger partial charge is 0.0883 e. The van der Waals surface area contributed by atoms with Gasteiger partial charge in [-0.2, -0.15) is 0 Å². The zero-order valence-electron chi connectivity index (χ0n) is 13.6. The summed E-state index contributed by atoms with van der Waals surface area (Å²) in [4.78, 5) is 2.66. The summed E-state index contributed by atoms with van der Waals surface area (Å²) in [5.74, 6) is 0. The van der Waals surface area contributed by atoms with E-state index in [1.807, 2.05) is 45.3 Å². The van der Waals surface area contributed by atoms with Crippen LogP contribution in [-0.2, 0) is 0 Å². The van der Waals surface area contributed by atoms with Gasteiger partial charge in [-0.1, -0.05) is 36.4 Å². The van der Waals surface area contributed by atoms with Gasteiger partial charge in [0.2, 0.25) is 0 Å². The molecule has 0 atom stereocenters. The van der Waals surface area contributed by atoms with Crippen molar-refractivity contribution in [3.63, 3.8) is 0 Å². The molecule has 0 N–H and O–H groups in total. The second kappa shape index (κ2) is 5.76. The van der Waals surface area contributed by atoms with E-state index in [1.165, 1.54) is 48.7 Å². The van der Waals surface area contributed by atoms with E-state index in [0.29, 0.717) is 0 Å². The first kappa shape index (κ1) is 15.1. The van der Waals surface area contributed by atoms with E-state index in [1.54, 1.807) is 0 Å². The minimum Gasteiger partial charge on any atom is -0.125 e. The average Bonchev–Trinajstić information content (AvgIpc) is 3.38. The van der Waals surface area contributed by atoms with Crippen molar-refractivity contribution >= 4 is 96.5 Å². The highest BCUT2D eigenvalue weighted by molar-refractivity contribution is 7.42. The van der Waals surface area contributed by atoms with Gasteiger partial charge in [0.05, 0.1) is 8.03 Å². The van der Waals surface area contributed by atoms with Crippen LogP contribution in [0.4, 0.5) is 0 Å². The molecule has 2 aromatic carbocycles. The molecule has 6 rings (SSSR count). The molecule has 26 heavy (non-hydrogen) atoms. The van der Waals surface area contributed by atoms with E-state index in [4.69, 9.17) is 0 Å². The van der Waals surface area contributed by atoms with E-state index in [9.17, 15) is 0 Å². The Balaban J connectivity index is 1.40. The molecule has 0 radical (unpaired) electrons. The number of hydrogen-bond acceptors (Lipinski definition) is 4. The topological polar surface area (TPSA) is 0 Å². The number of fused-ring (bicyclic) bond motifs is 6. The summed E-state index contributed by atoms with van der Waals surface area (Å²) < 4.78 is 5.61. The van der Waals surface area contributed by atoms with E-state index in [2.05, 4.69) is 72.8 Å². The fourth-order valence-corrected chi connectivity index (χ4v) is 8.28. The number of benzene rings is 2. The van der Waals surface area contributed by atoms with Crippen LogP contribution in [0.3, 0.4) is 0 Å². The maximum Gasteiger partial charge on any atom is 0.0883 e. The third-order valence-electron chi connectivity index (χ3n) is 4.61. The van der Waals surface area contributed by atoms with Gasteiger partial charge in [0.1, 0.15) is 0 Å². The van der Waals surface area contributed by atoms with Crippen molar-refractivity contribution in [2.75, 3.05) is 0 Å². The van der Waals surface area contributed by atoms with Crippen LogP contribution in [0.15, 0.2) is 60.7 Å². The van der Waals surface area contributed by atoms with Gasteiger partial charge in [0.25, 0.3) is 0 Å². The van der Waals surface area contributed by atoms with E-state index < -0.39 is 0 Å². The Morgan fingerprint density at radius 1 is 0.500 bits per heavy atom. The molecule has 0 saturated heterocycles. The standard InChI is InChI=1S/C22H12S4/c1-3-7-19-15(5-1)17-11-13(23-21(17)25-19)9-10-14-12-18-16-6-2-4-8-20(16)26-22(18)24-14/h1-12H/b10-9+. The lowest BCUT2D eigenvalue weighted by Gasteiger charge is -1.88. The van der Waals surface area contributed by atoms with Crippen molar-refractivity contribution in [3.05, 3.63) is 70.4 Å². The van der Waals surface area contributed by atoms with E-state index >= 15 is 0 Å². The lowest BCUT2D eigenvalue weighted by Crippen LogP contribution is -1.63. The molecule has 0 fully saturated rings. The van der Waals surface area contributed by atoms with Gasteiger partial charge < -0.3 is 0 Å². The van der Waals surface area contributed by atoms with Crippen molar-refractivity contribution in [1.29, 1.82) is 0 Å². The van der Waals surface area contributed by atoms with Gasteiger partial charge in [0.15, 0.2) is 0 Å². The molecule has 4 aromatic heterocycles. The molecule has 0 amide bonds. The summed E-state index contributed by atoms with van der Waals surface area (Å²) >= 11 is 7.58. The summed E-state index contributed by atoms with van der Waals surface area (Å²) in [5.41, 5.74) is 0. The van der Waals surface area contributed by atoms with Crippen LogP contribution >= 0.6 is 45.3 Å². The summed E-state index contributed by atoms with van der Waals surface area (Å²) in [6.45, 7) is 0. The molecule has 124 valence electrons. The quantitative estimate of drug-likeness (QED) is 0.271. The third-order valence-corrected chi connectivity index (χ3v) is 9.36. The summed E-state index contributed by atoms with van der Waals surface area (Å²) in [5, 5.41) is 5.56. The van der Waals surface area contributed by atoms with Gasteiger partial charge >= 0.3 is 0 Å². The normalized spacial score (nSPS) is 12.5. The predicted molar refractivity (Wildman–Crippen MR) is 123 cm³/mol. The van der Waals surface area contributed by atoms with Crippen LogP contribution in [0.1, 0.15) is 9.75 Å². The van der Waals surface area contributed by atoms with Gasteiger partial charge in [-0.15, -0.1) is 45.3 Å². The Hall–Kier alpha value is -1.98. The number of rotatable bonds is 2. The average molecular weight is 405 g/mol. The molecule has 4 heterocycles. The van der Waals surface area contributed by atoms with Crippen LogP contribution in [0.2, 0.25) is 0 Å². The lowest BCUT2D eigenvalue weighted by molar-refractivity contribution is 1.87. The zero-order valence-corrected chi connectivity index (χ0v) is 16.8. The van der Waals surface area contributed by atoms with E-state index in [-0.39, 0.29) is 0 Å². The fourth-order valence-electron chi connectivity index (χ4n) is 3.40. The largest absolute Gasteiger partial charge is 0.125 e. The first-order chi connectivity index (χ1) is 12.8. The van der Waals surface area contributed by atoms with Crippen LogP contribution in [0.25, 0.3) is 51.1 Å². The number of thiophene rings is 4. The molecule has 4 heteroatoms. The molecule has 6 aromatic rings. The predicted octanol–water partition coefficient (Wildman–Crippen LogP) is 8.72. The Morgan fingerprint density at radius 3 is 1.46 bits per heavy atom. The SMILES string of the molecule is C(=C\c1cc2c(s1)sc1ccccc12)/c1cc2c(s1)sc1ccccc12. The van der Waals surface area contributed by atoms with Crippen LogP contribution in [-0.4, -0.2) is 0 Å². The molecule has 0 unspecified atom stereocenters. The highest BCUT2D eigenvalue weighted by atomic mass is 32.2. The maximum absolute atomic E-state index is 2.33. The minimum atomic E-state index is 1.33. The zero-order chi connectivity index (χ0) is 17.1. The first-order valence-electron chi connectivity index (χ1n) is 8.35. The van der Waals surface area contributed by atoms with Crippen molar-refractivity contribution in [2.45, 2.75) is 0 Å². The van der Waals surface area contributed by atoms with Crippen molar-refractivity contribution < 1.29 is 0 Å². The van der Waals surface area contributed by atoms with Crippen LogP contribution in [0, 0.1) is 0 Å². The Morgan fingerprint density at radius 2 is 0.962 bits per heavy atom. The summed E-state index contributed by atoms with van der Waals surface area (Å²) in [6, 6.07) is 22.1. The van der Waals surface area contributed by atoms with Crippen molar-refractivity contribution in [2.24, 2.45) is 0 Å². The maximum atomic E-state index is 2.33. The van der Waals surface area contributed by atoms with Crippen LogP contribution < -0.4 is 0 Å². The summed E-state index contributed by atoms with van der Waals surface area (Å²) in [6.07, 6.45) is 4.54. The van der Waals surface area contributed by atoms with Gasteiger partial charge in [-0.25, -0.2) is 0 Å². The highest BCUT2D eigenvalue weighted by Crippen LogP contribution is 2.41. The van der Waals surface area contributed by atoms with Gasteiger partial charge in [-0.05, 0) is 36.4 Å². The van der Waals surface area contributed by atoms with Gasteiger partial charge in [-0.3, -0.25) is 0 Å². The Kier molecular flexibility index (Phi) is 3.35. The fraction of sp³-hybridized carbons (Fsp3) is 0. The molecule has 0 bridgehead atoms. The molecule has 0 aliphatic heterocycles. The van der Waals surface area contributed by atoms with Crippen molar-refractivity contribution in [1.82, 2.24) is 0 Å². The van der Waals surface area contributed by atoms with Crippen molar-refractivity contribution in [3.8, 4) is 0 Å². The Bertz CT molecular complexity index is 1320. The molecule has 0 spiro atoms. The van der Waals surface area contributed by atoms with Gasteiger partial charge in [0, 0.05) is 40.7 Å². The summed E-state index contributed by atoms with van der Waals surface area (Å²) in [7, 11) is 0. The Labute approximate surface area is 166 Å². The second-order valence-electron chi connectivity index (χ2n) is 6.23. The monoisotopic (exact) mass is 404 g/mol. The first-order valence-corrected chi connectivity index (χ1v) is 11.6. The minimum absolute atomic E-state index is 1.33. The molecule has 0 saturated carbocycles. The van der Waals surface area contributed by atoms with Crippen LogP contribution in [0.5, 0.6) is 0 Å². The molecular formula is C22H12S4. The molecule has 0 nitrogen and oxygen atoms in total. The third kappa shape index (κ3) is 2.30. The lowest BCUT2D eigenvalue weighted by atomic mass is 10.2. The van der Waals surface area contributed by atoms with E-state index in [0.717, 1.165) is 0 Å². The molecule has 0 aliphatic carbocycles. The second-order valence-corrected chi connectivity index (χ2v) is 11.0. The molecule has 0 aliphatic rings. The molecular weight excluding hydrogens is 393 g/mol.